The Kier molecular flexibility index (Phi) is 16.4. The van der Waals surface area contributed by atoms with Crippen molar-refractivity contribution >= 4 is 5.97 Å². The van der Waals surface area contributed by atoms with Gasteiger partial charge in [0.15, 0.2) is 6.29 Å². The maximum atomic E-state index is 12.2. The fourth-order valence-corrected chi connectivity index (χ4v) is 5.15. The highest BCUT2D eigenvalue weighted by atomic mass is 16.8. The first kappa shape index (κ1) is 35.3. The molecule has 0 saturated carbocycles. The molecule has 0 aromatic heterocycles. The van der Waals surface area contributed by atoms with Gasteiger partial charge in [-0.05, 0) is 6.42 Å². The summed E-state index contributed by atoms with van der Waals surface area (Å²) in [5, 5.41) is 70.4. The van der Waals surface area contributed by atoms with Gasteiger partial charge in [-0.1, -0.05) is 84.0 Å². The number of hydrogen-bond acceptors (Lipinski definition) is 12. The van der Waals surface area contributed by atoms with Gasteiger partial charge in [0.2, 0.25) is 5.79 Å². The minimum absolute atomic E-state index is 0. The molecule has 0 bridgehead atoms. The number of carbonyl (C=O) groups is 1. The molecule has 0 radical (unpaired) electrons. The van der Waals surface area contributed by atoms with E-state index in [9.17, 15) is 40.5 Å². The summed E-state index contributed by atoms with van der Waals surface area (Å²) in [5.74, 6) is -2.76. The zero-order valence-corrected chi connectivity index (χ0v) is 23.8. The third kappa shape index (κ3) is 10.4. The normalized spacial score (nSPS) is 34.3. The third-order valence-electron chi connectivity index (χ3n) is 7.78. The number of esters is 1. The van der Waals surface area contributed by atoms with Crippen LogP contribution in [0.25, 0.3) is 0 Å². The van der Waals surface area contributed by atoms with Crippen LogP contribution >= 0.6 is 0 Å². The van der Waals surface area contributed by atoms with E-state index in [4.69, 9.17) is 18.9 Å². The van der Waals surface area contributed by atoms with E-state index in [1.54, 1.807) is 0 Å². The van der Waals surface area contributed by atoms with Crippen molar-refractivity contribution in [1.29, 1.82) is 0 Å². The Morgan fingerprint density at radius 1 is 0.750 bits per heavy atom. The lowest BCUT2D eigenvalue weighted by Gasteiger charge is -2.43. The molecule has 2 aliphatic heterocycles. The molecule has 12 heteroatoms. The largest absolute Gasteiger partial charge is 1.00 e. The van der Waals surface area contributed by atoms with Crippen LogP contribution in [0.4, 0.5) is 0 Å². The SMILES string of the molecule is CCCCCCCCCCCCCCCC(=O)OC[C@H]1O[C@H](O[C@]2(CO)O[C@H](CO)[C@@H](O)[C@@H]2O)[C@H](O)[C@@H](O)[C@@H]1O.[H+]. The fourth-order valence-electron chi connectivity index (χ4n) is 5.15. The number of hydrogen-bond donors (Lipinski definition) is 7. The number of ether oxygens (including phenoxy) is 4. The van der Waals surface area contributed by atoms with Crippen LogP contribution in [-0.2, 0) is 23.7 Å². The van der Waals surface area contributed by atoms with Crippen LogP contribution in [0.15, 0.2) is 0 Å². The first-order valence-corrected chi connectivity index (χ1v) is 15.0. The van der Waals surface area contributed by atoms with Crippen LogP contribution in [0.5, 0.6) is 0 Å². The maximum Gasteiger partial charge on any atom is 1.00 e. The summed E-state index contributed by atoms with van der Waals surface area (Å²) in [5.41, 5.74) is 0. The molecule has 2 heterocycles. The lowest BCUT2D eigenvalue weighted by molar-refractivity contribution is -0.383. The number of rotatable bonds is 20. The van der Waals surface area contributed by atoms with Crippen molar-refractivity contribution in [3.05, 3.63) is 0 Å². The lowest BCUT2D eigenvalue weighted by Crippen LogP contribution is -2.62. The standard InChI is InChI=1S/C28H52O12/c1-2-3-4-5-6-7-8-9-10-11-12-13-14-15-21(31)37-17-20-22(32)24(34)25(35)27(38-20)40-28(18-30)26(36)23(33)19(16-29)39-28/h19-20,22-27,29-30,32-36H,2-18H2,1H3/p+1/t19-,20-,22-,23-,24+,25-,26+,27-,28+/m1/s1. The van der Waals surface area contributed by atoms with Gasteiger partial charge in [0.25, 0.3) is 0 Å². The Hall–Kier alpha value is -0.930. The van der Waals surface area contributed by atoms with Gasteiger partial charge in [0.1, 0.15) is 55.9 Å². The third-order valence-corrected chi connectivity index (χ3v) is 7.78. The Balaban J connectivity index is 0.00000840. The van der Waals surface area contributed by atoms with Gasteiger partial charge in [-0.15, -0.1) is 0 Å². The average Bonchev–Trinajstić information content (AvgIpc) is 3.20. The summed E-state index contributed by atoms with van der Waals surface area (Å²) in [7, 11) is 0. The molecule has 0 aromatic carbocycles. The van der Waals surface area contributed by atoms with Crippen LogP contribution in [0.1, 0.15) is 98.2 Å². The van der Waals surface area contributed by atoms with Crippen molar-refractivity contribution in [2.75, 3.05) is 19.8 Å². The smallest absolute Gasteiger partial charge is 0.463 e. The number of unbranched alkanes of at least 4 members (excludes halogenated alkanes) is 12. The first-order valence-electron chi connectivity index (χ1n) is 15.0. The molecular weight excluding hydrogens is 528 g/mol. The van der Waals surface area contributed by atoms with Crippen molar-refractivity contribution in [3.8, 4) is 0 Å². The highest BCUT2D eigenvalue weighted by Crippen LogP contribution is 2.36. The highest BCUT2D eigenvalue weighted by Gasteiger charge is 2.58. The summed E-state index contributed by atoms with van der Waals surface area (Å²) >= 11 is 0. The molecule has 0 spiro atoms. The van der Waals surface area contributed by atoms with E-state index in [-0.39, 0.29) is 7.85 Å². The molecule has 40 heavy (non-hydrogen) atoms. The van der Waals surface area contributed by atoms with Crippen molar-refractivity contribution in [3.63, 3.8) is 0 Å². The molecule has 7 N–H and O–H groups in total. The van der Waals surface area contributed by atoms with E-state index >= 15 is 0 Å². The highest BCUT2D eigenvalue weighted by molar-refractivity contribution is 5.69. The number of aliphatic hydroxyl groups excluding tert-OH is 7. The molecule has 2 aliphatic rings. The van der Waals surface area contributed by atoms with Gasteiger partial charge in [-0.3, -0.25) is 4.79 Å². The van der Waals surface area contributed by atoms with E-state index in [1.165, 1.54) is 57.8 Å². The van der Waals surface area contributed by atoms with Crippen molar-refractivity contribution < 1.29 is 60.9 Å². The van der Waals surface area contributed by atoms with Gasteiger partial charge in [0.05, 0.1) is 6.61 Å². The zero-order chi connectivity index (χ0) is 29.5. The molecule has 0 amide bonds. The molecule has 2 saturated heterocycles. The van der Waals surface area contributed by atoms with E-state index in [1.807, 2.05) is 0 Å². The molecule has 2 rings (SSSR count). The monoisotopic (exact) mass is 581 g/mol. The summed E-state index contributed by atoms with van der Waals surface area (Å²) in [6.45, 7) is 0.131. The summed E-state index contributed by atoms with van der Waals surface area (Å²) in [4.78, 5) is 12.2. The molecular formula is C28H53O12+. The average molecular weight is 582 g/mol. The zero-order valence-electron chi connectivity index (χ0n) is 24.8. The molecule has 12 nitrogen and oxygen atoms in total. The van der Waals surface area contributed by atoms with Gasteiger partial charge in [-0.2, -0.15) is 0 Å². The molecule has 236 valence electrons. The van der Waals surface area contributed by atoms with Crippen LogP contribution in [0.2, 0.25) is 0 Å². The Morgan fingerprint density at radius 2 is 1.30 bits per heavy atom. The van der Waals surface area contributed by atoms with Gasteiger partial charge in [0, 0.05) is 6.42 Å². The first-order chi connectivity index (χ1) is 19.2. The van der Waals surface area contributed by atoms with Crippen LogP contribution in [0.3, 0.4) is 0 Å². The van der Waals surface area contributed by atoms with Crippen molar-refractivity contribution in [2.45, 2.75) is 152 Å². The Labute approximate surface area is 238 Å². The van der Waals surface area contributed by atoms with Crippen LogP contribution in [0, 0.1) is 0 Å². The summed E-state index contributed by atoms with van der Waals surface area (Å²) < 4.78 is 21.4. The Morgan fingerprint density at radius 3 is 1.80 bits per heavy atom. The van der Waals surface area contributed by atoms with Crippen molar-refractivity contribution in [1.82, 2.24) is 0 Å². The van der Waals surface area contributed by atoms with E-state index in [2.05, 4.69) is 6.92 Å². The molecule has 0 unspecified atom stereocenters. The lowest BCUT2D eigenvalue weighted by atomic mass is 9.99. The summed E-state index contributed by atoms with van der Waals surface area (Å²) in [6.07, 6.45) is 2.70. The summed E-state index contributed by atoms with van der Waals surface area (Å²) in [6, 6.07) is 0. The molecule has 0 aromatic rings. The minimum atomic E-state index is -2.27. The van der Waals surface area contributed by atoms with Gasteiger partial charge < -0.3 is 54.7 Å². The second-order valence-electron chi connectivity index (χ2n) is 11.1. The topological polar surface area (TPSA) is 196 Å². The maximum absolute atomic E-state index is 12.2. The van der Waals surface area contributed by atoms with E-state index in [0.29, 0.717) is 6.42 Å². The number of aliphatic hydroxyl groups is 7. The van der Waals surface area contributed by atoms with E-state index in [0.717, 1.165) is 19.3 Å². The van der Waals surface area contributed by atoms with Crippen molar-refractivity contribution in [2.24, 2.45) is 0 Å². The second-order valence-corrected chi connectivity index (χ2v) is 11.1. The number of carbonyl (C=O) groups excluding carboxylic acids is 1. The fraction of sp³-hybridized carbons (Fsp3) is 0.964. The predicted molar refractivity (Wildman–Crippen MR) is 144 cm³/mol. The van der Waals surface area contributed by atoms with Gasteiger partial charge >= 0.3 is 7.40 Å². The van der Waals surface area contributed by atoms with Crippen LogP contribution in [-0.4, -0.2) is 116 Å². The molecule has 2 fully saturated rings. The molecule has 9 atom stereocenters. The van der Waals surface area contributed by atoms with E-state index < -0.39 is 80.6 Å². The Bertz CT molecular complexity index is 703. The second kappa shape index (κ2) is 18.6. The van der Waals surface area contributed by atoms with Crippen LogP contribution < -0.4 is 0 Å². The molecule has 0 aliphatic carbocycles. The minimum Gasteiger partial charge on any atom is -0.463 e. The quantitative estimate of drug-likeness (QED) is 0.0788. The van der Waals surface area contributed by atoms with Gasteiger partial charge in [-0.25, -0.2) is 0 Å². The predicted octanol–water partition coefficient (Wildman–Crippen LogP) is 0.749.